The van der Waals surface area contributed by atoms with Crippen LogP contribution < -0.4 is 10.6 Å². The van der Waals surface area contributed by atoms with Gasteiger partial charge < -0.3 is 20.8 Å². The Bertz CT molecular complexity index is 322. The van der Waals surface area contributed by atoms with E-state index in [0.29, 0.717) is 25.9 Å². The standard InChI is InChI=1S/C16H33N3O4/c1-4-16(3,5-2)19(10-6-14(22)17-8-12-20)11-7-15(23)18-9-13-21/h20-21H,4-13H2,1-3H3,(H,17,22)(H,18,23). The Kier molecular flexibility index (Phi) is 11.6. The zero-order chi connectivity index (χ0) is 17.7. The molecule has 0 aliphatic rings. The minimum atomic E-state index is -0.0941. The van der Waals surface area contributed by atoms with Crippen LogP contribution in [0.1, 0.15) is 46.5 Å². The van der Waals surface area contributed by atoms with Crippen LogP contribution in [-0.4, -0.2) is 71.9 Å². The Balaban J connectivity index is 4.57. The maximum Gasteiger partial charge on any atom is 0.221 e. The van der Waals surface area contributed by atoms with E-state index in [9.17, 15) is 9.59 Å². The average Bonchev–Trinajstić information content (AvgIpc) is 2.57. The molecule has 0 bridgehead atoms. The van der Waals surface area contributed by atoms with E-state index in [2.05, 4.69) is 36.3 Å². The molecule has 0 rings (SSSR count). The molecule has 0 aliphatic carbocycles. The molecular weight excluding hydrogens is 298 g/mol. The Morgan fingerprint density at radius 3 is 1.61 bits per heavy atom. The second-order valence-corrected chi connectivity index (χ2v) is 5.84. The van der Waals surface area contributed by atoms with Crippen LogP contribution in [0.2, 0.25) is 0 Å². The van der Waals surface area contributed by atoms with Gasteiger partial charge in [-0.25, -0.2) is 0 Å². The van der Waals surface area contributed by atoms with E-state index in [1.165, 1.54) is 0 Å². The lowest BCUT2D eigenvalue weighted by Gasteiger charge is -2.40. The van der Waals surface area contributed by atoms with Gasteiger partial charge in [0.1, 0.15) is 0 Å². The molecule has 0 saturated heterocycles. The van der Waals surface area contributed by atoms with Crippen molar-refractivity contribution in [1.82, 2.24) is 15.5 Å². The number of aliphatic hydroxyl groups is 2. The largest absolute Gasteiger partial charge is 0.395 e. The fraction of sp³-hybridized carbons (Fsp3) is 0.875. The molecular formula is C16H33N3O4. The lowest BCUT2D eigenvalue weighted by molar-refractivity contribution is -0.122. The number of hydrogen-bond acceptors (Lipinski definition) is 5. The summed E-state index contributed by atoms with van der Waals surface area (Å²) in [5.74, 6) is -0.188. The lowest BCUT2D eigenvalue weighted by Crippen LogP contribution is -2.48. The minimum absolute atomic E-state index is 0.0610. The number of hydrogen-bond donors (Lipinski definition) is 4. The SMILES string of the molecule is CCC(C)(CC)N(CCC(=O)NCCO)CCC(=O)NCCO. The van der Waals surface area contributed by atoms with Gasteiger partial charge >= 0.3 is 0 Å². The third kappa shape index (κ3) is 8.88. The average molecular weight is 331 g/mol. The first-order chi connectivity index (χ1) is 10.9. The van der Waals surface area contributed by atoms with Crippen molar-refractivity contribution in [3.05, 3.63) is 0 Å². The summed E-state index contributed by atoms with van der Waals surface area (Å²) in [4.78, 5) is 25.7. The van der Waals surface area contributed by atoms with Crippen LogP contribution in [0.4, 0.5) is 0 Å². The van der Waals surface area contributed by atoms with Crippen LogP contribution in [-0.2, 0) is 9.59 Å². The number of carbonyl (C=O) groups is 2. The van der Waals surface area contributed by atoms with Gasteiger partial charge in [-0.3, -0.25) is 14.5 Å². The number of carbonyl (C=O) groups excluding carboxylic acids is 2. The van der Waals surface area contributed by atoms with E-state index in [0.717, 1.165) is 12.8 Å². The topological polar surface area (TPSA) is 102 Å². The van der Waals surface area contributed by atoms with Crippen molar-refractivity contribution in [2.45, 2.75) is 52.0 Å². The maximum atomic E-state index is 11.7. The van der Waals surface area contributed by atoms with Gasteiger partial charge in [0, 0.05) is 44.6 Å². The van der Waals surface area contributed by atoms with Crippen molar-refractivity contribution in [2.75, 3.05) is 39.4 Å². The van der Waals surface area contributed by atoms with Crippen LogP contribution >= 0.6 is 0 Å². The highest BCUT2D eigenvalue weighted by Gasteiger charge is 2.28. The van der Waals surface area contributed by atoms with Crippen molar-refractivity contribution < 1.29 is 19.8 Å². The fourth-order valence-corrected chi connectivity index (χ4v) is 2.39. The molecule has 0 atom stereocenters. The summed E-state index contributed by atoms with van der Waals surface area (Å²) >= 11 is 0. The van der Waals surface area contributed by atoms with Crippen molar-refractivity contribution in [1.29, 1.82) is 0 Å². The molecule has 0 heterocycles. The van der Waals surface area contributed by atoms with Crippen molar-refractivity contribution in [3.8, 4) is 0 Å². The maximum absolute atomic E-state index is 11.7. The van der Waals surface area contributed by atoms with Crippen LogP contribution in [0.15, 0.2) is 0 Å². The summed E-state index contributed by atoms with van der Waals surface area (Å²) in [5.41, 5.74) is -0.0610. The van der Waals surface area contributed by atoms with E-state index < -0.39 is 0 Å². The van der Waals surface area contributed by atoms with Gasteiger partial charge in [-0.15, -0.1) is 0 Å². The summed E-state index contributed by atoms with van der Waals surface area (Å²) in [6.07, 6.45) is 2.54. The van der Waals surface area contributed by atoms with Crippen LogP contribution in [0, 0.1) is 0 Å². The van der Waals surface area contributed by atoms with Crippen molar-refractivity contribution in [2.24, 2.45) is 0 Å². The van der Waals surface area contributed by atoms with E-state index in [1.54, 1.807) is 0 Å². The zero-order valence-electron chi connectivity index (χ0n) is 14.7. The smallest absolute Gasteiger partial charge is 0.221 e. The molecule has 0 saturated carbocycles. The predicted molar refractivity (Wildman–Crippen MR) is 90.0 cm³/mol. The normalized spacial score (nSPS) is 11.6. The summed E-state index contributed by atoms with van der Waals surface area (Å²) in [6, 6.07) is 0. The van der Waals surface area contributed by atoms with E-state index in [-0.39, 0.29) is 43.7 Å². The quantitative estimate of drug-likeness (QED) is 0.376. The molecule has 0 aromatic heterocycles. The molecule has 7 nitrogen and oxygen atoms in total. The van der Waals surface area contributed by atoms with E-state index in [1.807, 2.05) is 0 Å². The highest BCUT2D eigenvalue weighted by molar-refractivity contribution is 5.76. The van der Waals surface area contributed by atoms with Crippen LogP contribution in [0.25, 0.3) is 0 Å². The molecule has 0 unspecified atom stereocenters. The van der Waals surface area contributed by atoms with Crippen molar-refractivity contribution >= 4 is 11.8 Å². The zero-order valence-corrected chi connectivity index (χ0v) is 14.7. The van der Waals surface area contributed by atoms with Gasteiger partial charge in [-0.1, -0.05) is 13.8 Å². The third-order valence-corrected chi connectivity index (χ3v) is 4.37. The summed E-state index contributed by atoms with van der Waals surface area (Å²) in [5, 5.41) is 22.7. The second kappa shape index (κ2) is 12.3. The number of aliphatic hydroxyl groups excluding tert-OH is 2. The Hall–Kier alpha value is -1.18. The number of amides is 2. The van der Waals surface area contributed by atoms with Crippen molar-refractivity contribution in [3.63, 3.8) is 0 Å². The molecule has 23 heavy (non-hydrogen) atoms. The van der Waals surface area contributed by atoms with Gasteiger partial charge in [0.05, 0.1) is 13.2 Å². The summed E-state index contributed by atoms with van der Waals surface area (Å²) in [7, 11) is 0. The number of nitrogens with zero attached hydrogens (tertiary/aromatic N) is 1. The van der Waals surface area contributed by atoms with Gasteiger partial charge in [0.15, 0.2) is 0 Å². The molecule has 0 spiro atoms. The van der Waals surface area contributed by atoms with Gasteiger partial charge in [0.25, 0.3) is 0 Å². The first-order valence-corrected chi connectivity index (χ1v) is 8.43. The van der Waals surface area contributed by atoms with Crippen LogP contribution in [0.3, 0.4) is 0 Å². The Morgan fingerprint density at radius 1 is 0.913 bits per heavy atom. The predicted octanol–water partition coefficient (Wildman–Crippen LogP) is -0.136. The fourth-order valence-electron chi connectivity index (χ4n) is 2.39. The molecule has 0 fully saturated rings. The Morgan fingerprint density at radius 2 is 1.30 bits per heavy atom. The van der Waals surface area contributed by atoms with Gasteiger partial charge in [-0.05, 0) is 19.8 Å². The van der Waals surface area contributed by atoms with Crippen LogP contribution in [0.5, 0.6) is 0 Å². The van der Waals surface area contributed by atoms with E-state index >= 15 is 0 Å². The highest BCUT2D eigenvalue weighted by Crippen LogP contribution is 2.23. The molecule has 0 aliphatic heterocycles. The Labute approximate surface area is 139 Å². The molecule has 4 N–H and O–H groups in total. The van der Waals surface area contributed by atoms with Gasteiger partial charge in [-0.2, -0.15) is 0 Å². The molecule has 136 valence electrons. The molecule has 0 aromatic carbocycles. The second-order valence-electron chi connectivity index (χ2n) is 5.84. The summed E-state index contributed by atoms with van der Waals surface area (Å²) in [6.45, 7) is 7.89. The lowest BCUT2D eigenvalue weighted by atomic mass is 9.92. The van der Waals surface area contributed by atoms with E-state index in [4.69, 9.17) is 10.2 Å². The molecule has 0 aromatic rings. The minimum Gasteiger partial charge on any atom is -0.395 e. The monoisotopic (exact) mass is 331 g/mol. The molecule has 0 radical (unpaired) electrons. The first kappa shape index (κ1) is 21.8. The molecule has 7 heteroatoms. The first-order valence-electron chi connectivity index (χ1n) is 8.43. The van der Waals surface area contributed by atoms with Gasteiger partial charge in [0.2, 0.25) is 11.8 Å². The molecule has 2 amide bonds. The summed E-state index contributed by atoms with van der Waals surface area (Å²) < 4.78 is 0. The third-order valence-electron chi connectivity index (χ3n) is 4.37. The highest BCUT2D eigenvalue weighted by atomic mass is 16.3. The number of rotatable bonds is 13. The number of nitrogens with one attached hydrogen (secondary N) is 2.